The van der Waals surface area contributed by atoms with Crippen LogP contribution >= 0.6 is 0 Å². The van der Waals surface area contributed by atoms with E-state index in [0.717, 1.165) is 49.2 Å². The Labute approximate surface area is 181 Å². The Balaban J connectivity index is 1.25. The molecule has 5 rings (SSSR count). The number of urea groups is 1. The fourth-order valence-corrected chi connectivity index (χ4v) is 5.35. The van der Waals surface area contributed by atoms with E-state index in [1.807, 2.05) is 23.1 Å². The van der Waals surface area contributed by atoms with Crippen molar-refractivity contribution in [2.75, 3.05) is 26.3 Å². The van der Waals surface area contributed by atoms with E-state index in [1.165, 1.54) is 4.90 Å². The van der Waals surface area contributed by atoms with E-state index in [-0.39, 0.29) is 36.9 Å². The van der Waals surface area contributed by atoms with Gasteiger partial charge in [-0.25, -0.2) is 4.79 Å². The van der Waals surface area contributed by atoms with Gasteiger partial charge in [0.2, 0.25) is 5.91 Å². The standard InChI is InChI=1S/C23H29N3O5/c27-20(8-12-26-21(28)23(24-22(26)29)9-1-2-10-23)25-11-3-5-17(25)16-6-7-18-19(15-16)31-14-4-13-30-18/h6-7,15,17H,1-5,8-14H2,(H,24,29)/t17-/m1/s1. The number of amides is 4. The summed E-state index contributed by atoms with van der Waals surface area (Å²) in [5.74, 6) is 1.29. The zero-order valence-electron chi connectivity index (χ0n) is 17.7. The van der Waals surface area contributed by atoms with Crippen LogP contribution in [0.3, 0.4) is 0 Å². The van der Waals surface area contributed by atoms with Crippen molar-refractivity contribution in [3.8, 4) is 11.5 Å². The first-order chi connectivity index (χ1) is 15.1. The van der Waals surface area contributed by atoms with Gasteiger partial charge in [-0.2, -0.15) is 0 Å². The van der Waals surface area contributed by atoms with E-state index >= 15 is 0 Å². The van der Waals surface area contributed by atoms with E-state index in [4.69, 9.17) is 9.47 Å². The van der Waals surface area contributed by atoms with E-state index < -0.39 is 5.54 Å². The molecule has 1 atom stereocenters. The van der Waals surface area contributed by atoms with Gasteiger partial charge in [0, 0.05) is 25.9 Å². The van der Waals surface area contributed by atoms with Crippen LogP contribution in [-0.4, -0.2) is 59.5 Å². The zero-order valence-corrected chi connectivity index (χ0v) is 17.7. The van der Waals surface area contributed by atoms with Crippen LogP contribution in [-0.2, 0) is 9.59 Å². The highest BCUT2D eigenvalue weighted by atomic mass is 16.5. The van der Waals surface area contributed by atoms with Crippen LogP contribution in [0.1, 0.15) is 63.0 Å². The van der Waals surface area contributed by atoms with Crippen LogP contribution in [0.5, 0.6) is 11.5 Å². The molecule has 4 aliphatic rings. The number of carbonyl (C=O) groups excluding carboxylic acids is 3. The molecule has 3 heterocycles. The summed E-state index contributed by atoms with van der Waals surface area (Å²) < 4.78 is 11.5. The van der Waals surface area contributed by atoms with Crippen molar-refractivity contribution < 1.29 is 23.9 Å². The highest BCUT2D eigenvalue weighted by molar-refractivity contribution is 6.07. The SMILES string of the molecule is O=C1NC2(CCCC2)C(=O)N1CCC(=O)N1CCC[C@@H]1c1ccc2c(c1)OCCCO2. The second-order valence-electron chi connectivity index (χ2n) is 8.93. The van der Waals surface area contributed by atoms with Crippen LogP contribution in [0.15, 0.2) is 18.2 Å². The third kappa shape index (κ3) is 3.62. The summed E-state index contributed by atoms with van der Waals surface area (Å²) in [7, 11) is 0. The van der Waals surface area contributed by atoms with E-state index in [1.54, 1.807) is 0 Å². The number of ether oxygens (including phenoxy) is 2. The molecule has 2 saturated heterocycles. The predicted molar refractivity (Wildman–Crippen MR) is 112 cm³/mol. The highest BCUT2D eigenvalue weighted by Gasteiger charge is 2.52. The van der Waals surface area contributed by atoms with Crippen LogP contribution < -0.4 is 14.8 Å². The molecular weight excluding hydrogens is 398 g/mol. The van der Waals surface area contributed by atoms with Gasteiger partial charge in [-0.1, -0.05) is 18.9 Å². The quantitative estimate of drug-likeness (QED) is 0.747. The summed E-state index contributed by atoms with van der Waals surface area (Å²) in [5.41, 5.74) is 0.315. The first-order valence-electron chi connectivity index (χ1n) is 11.4. The molecule has 3 aliphatic heterocycles. The number of carbonyl (C=O) groups is 3. The molecule has 0 bridgehead atoms. The fraction of sp³-hybridized carbons (Fsp3) is 0.609. The summed E-state index contributed by atoms with van der Waals surface area (Å²) in [6.07, 6.45) is 6.10. The maximum atomic E-state index is 13.1. The molecule has 4 amide bonds. The van der Waals surface area contributed by atoms with E-state index in [9.17, 15) is 14.4 Å². The minimum atomic E-state index is -0.722. The number of benzene rings is 1. The van der Waals surface area contributed by atoms with Crippen molar-refractivity contribution in [1.82, 2.24) is 15.1 Å². The smallest absolute Gasteiger partial charge is 0.325 e. The van der Waals surface area contributed by atoms with Crippen LogP contribution in [0.25, 0.3) is 0 Å². The molecule has 8 heteroatoms. The fourth-order valence-electron chi connectivity index (χ4n) is 5.35. The van der Waals surface area contributed by atoms with E-state index in [2.05, 4.69) is 5.32 Å². The van der Waals surface area contributed by atoms with Crippen molar-refractivity contribution in [3.05, 3.63) is 23.8 Å². The highest BCUT2D eigenvalue weighted by Crippen LogP contribution is 2.38. The number of imide groups is 1. The second kappa shape index (κ2) is 8.05. The normalized spacial score (nSPS) is 24.6. The summed E-state index contributed by atoms with van der Waals surface area (Å²) in [6.45, 7) is 2.08. The Kier molecular flexibility index (Phi) is 5.24. The number of hydrogen-bond acceptors (Lipinski definition) is 5. The molecule has 1 saturated carbocycles. The number of fused-ring (bicyclic) bond motifs is 1. The predicted octanol–water partition coefficient (Wildman–Crippen LogP) is 2.77. The zero-order chi connectivity index (χ0) is 21.4. The van der Waals surface area contributed by atoms with Gasteiger partial charge >= 0.3 is 6.03 Å². The average Bonchev–Trinajstić information content (AvgIpc) is 3.44. The summed E-state index contributed by atoms with van der Waals surface area (Å²) in [5, 5.41) is 2.88. The minimum Gasteiger partial charge on any atom is -0.490 e. The van der Waals surface area contributed by atoms with Crippen LogP contribution in [0.4, 0.5) is 4.79 Å². The van der Waals surface area contributed by atoms with Crippen LogP contribution in [0.2, 0.25) is 0 Å². The molecule has 1 N–H and O–H groups in total. The molecule has 0 unspecified atom stereocenters. The monoisotopic (exact) mass is 427 g/mol. The van der Waals surface area contributed by atoms with Gasteiger partial charge in [0.1, 0.15) is 5.54 Å². The Morgan fingerprint density at radius 3 is 2.65 bits per heavy atom. The summed E-state index contributed by atoms with van der Waals surface area (Å²) >= 11 is 0. The maximum Gasteiger partial charge on any atom is 0.325 e. The number of nitrogens with one attached hydrogen (secondary N) is 1. The largest absolute Gasteiger partial charge is 0.490 e. The molecule has 1 aromatic carbocycles. The van der Waals surface area contributed by atoms with Crippen molar-refractivity contribution in [3.63, 3.8) is 0 Å². The lowest BCUT2D eigenvalue weighted by Gasteiger charge is -2.26. The van der Waals surface area contributed by atoms with Gasteiger partial charge in [0.15, 0.2) is 11.5 Å². The Morgan fingerprint density at radius 1 is 1.06 bits per heavy atom. The molecular formula is C23H29N3O5. The molecule has 1 aliphatic carbocycles. The Hall–Kier alpha value is -2.77. The molecule has 1 aromatic rings. The molecule has 8 nitrogen and oxygen atoms in total. The third-order valence-corrected chi connectivity index (χ3v) is 6.98. The van der Waals surface area contributed by atoms with E-state index in [0.29, 0.717) is 32.6 Å². The molecule has 31 heavy (non-hydrogen) atoms. The van der Waals surface area contributed by atoms with Gasteiger partial charge < -0.3 is 19.7 Å². The number of nitrogens with zero attached hydrogens (tertiary/aromatic N) is 2. The number of hydrogen-bond donors (Lipinski definition) is 1. The first kappa shape index (κ1) is 20.2. The Bertz CT molecular complexity index is 895. The molecule has 1 spiro atoms. The van der Waals surface area contributed by atoms with Gasteiger partial charge in [0.05, 0.1) is 19.3 Å². The maximum absolute atomic E-state index is 13.1. The third-order valence-electron chi connectivity index (χ3n) is 6.98. The van der Waals surface area contributed by atoms with Gasteiger partial charge in [-0.3, -0.25) is 14.5 Å². The average molecular weight is 428 g/mol. The molecule has 166 valence electrons. The van der Waals surface area contributed by atoms with Crippen molar-refractivity contribution >= 4 is 17.8 Å². The summed E-state index contributed by atoms with van der Waals surface area (Å²) in [4.78, 5) is 41.4. The number of rotatable bonds is 4. The van der Waals surface area contributed by atoms with Crippen molar-refractivity contribution in [2.24, 2.45) is 0 Å². The minimum absolute atomic E-state index is 0.0195. The van der Waals surface area contributed by atoms with Gasteiger partial charge in [-0.05, 0) is 43.4 Å². The molecule has 3 fully saturated rings. The molecule has 0 radical (unpaired) electrons. The van der Waals surface area contributed by atoms with Gasteiger partial charge in [-0.15, -0.1) is 0 Å². The summed E-state index contributed by atoms with van der Waals surface area (Å²) in [6, 6.07) is 5.53. The topological polar surface area (TPSA) is 88.2 Å². The Morgan fingerprint density at radius 2 is 1.84 bits per heavy atom. The number of likely N-dealkylation sites (tertiary alicyclic amines) is 1. The lowest BCUT2D eigenvalue weighted by Crippen LogP contribution is -2.44. The molecule has 0 aromatic heterocycles. The lowest BCUT2D eigenvalue weighted by atomic mass is 9.98. The van der Waals surface area contributed by atoms with Crippen molar-refractivity contribution in [1.29, 1.82) is 0 Å². The van der Waals surface area contributed by atoms with Gasteiger partial charge in [0.25, 0.3) is 5.91 Å². The van der Waals surface area contributed by atoms with Crippen LogP contribution in [0, 0.1) is 0 Å². The van der Waals surface area contributed by atoms with Crippen molar-refractivity contribution in [2.45, 2.75) is 62.9 Å². The lowest BCUT2D eigenvalue weighted by molar-refractivity contribution is -0.134. The first-order valence-corrected chi connectivity index (χ1v) is 11.4. The second-order valence-corrected chi connectivity index (χ2v) is 8.93.